The third-order valence-corrected chi connectivity index (χ3v) is 4.77. The highest BCUT2D eigenvalue weighted by Crippen LogP contribution is 2.38. The summed E-state index contributed by atoms with van der Waals surface area (Å²) in [6.07, 6.45) is 4.98. The van der Waals surface area contributed by atoms with Crippen molar-refractivity contribution in [2.45, 2.75) is 38.0 Å². The molecule has 0 bridgehead atoms. The highest BCUT2D eigenvalue weighted by molar-refractivity contribution is 5.94. The summed E-state index contributed by atoms with van der Waals surface area (Å²) in [6, 6.07) is 5.88. The summed E-state index contributed by atoms with van der Waals surface area (Å²) in [7, 11) is 0. The van der Waals surface area contributed by atoms with Crippen LogP contribution in [0.4, 0.5) is 4.39 Å². The van der Waals surface area contributed by atoms with Gasteiger partial charge >= 0.3 is 0 Å². The first kappa shape index (κ1) is 15.3. The molecule has 0 radical (unpaired) electrons. The van der Waals surface area contributed by atoms with Gasteiger partial charge in [0, 0.05) is 31.0 Å². The number of benzene rings is 1. The van der Waals surface area contributed by atoms with Crippen LogP contribution in [0.3, 0.4) is 0 Å². The minimum Gasteiger partial charge on any atom is -0.339 e. The van der Waals surface area contributed by atoms with Crippen LogP contribution in [0.5, 0.6) is 0 Å². The van der Waals surface area contributed by atoms with Crippen molar-refractivity contribution in [3.05, 3.63) is 47.4 Å². The Kier molecular flexibility index (Phi) is 4.04. The monoisotopic (exact) mass is 329 g/mol. The van der Waals surface area contributed by atoms with Crippen molar-refractivity contribution in [3.8, 4) is 0 Å². The van der Waals surface area contributed by atoms with Gasteiger partial charge in [0.15, 0.2) is 5.82 Å². The highest BCUT2D eigenvalue weighted by atomic mass is 19.1. The van der Waals surface area contributed by atoms with E-state index in [0.717, 1.165) is 31.5 Å². The van der Waals surface area contributed by atoms with Crippen LogP contribution in [-0.4, -0.2) is 34.0 Å². The molecule has 1 aromatic carbocycles. The van der Waals surface area contributed by atoms with Gasteiger partial charge in [-0.2, -0.15) is 4.98 Å². The lowest BCUT2D eigenvalue weighted by molar-refractivity contribution is 0.0667. The van der Waals surface area contributed by atoms with Crippen molar-refractivity contribution in [1.82, 2.24) is 15.0 Å². The van der Waals surface area contributed by atoms with Crippen LogP contribution in [0.1, 0.15) is 53.7 Å². The zero-order valence-corrected chi connectivity index (χ0v) is 13.4. The van der Waals surface area contributed by atoms with Crippen LogP contribution >= 0.6 is 0 Å². The lowest BCUT2D eigenvalue weighted by atomic mass is 9.94. The number of carbonyl (C=O) groups excluding carboxylic acids is 1. The van der Waals surface area contributed by atoms with E-state index in [1.165, 1.54) is 12.1 Å². The number of likely N-dealkylation sites (tertiary alicyclic amines) is 1. The average molecular weight is 329 g/mol. The van der Waals surface area contributed by atoms with Gasteiger partial charge in [0.1, 0.15) is 5.82 Å². The summed E-state index contributed by atoms with van der Waals surface area (Å²) < 4.78 is 18.7. The van der Waals surface area contributed by atoms with E-state index in [4.69, 9.17) is 4.52 Å². The first-order valence-corrected chi connectivity index (χ1v) is 8.56. The first-order chi connectivity index (χ1) is 11.7. The molecule has 6 heteroatoms. The lowest BCUT2D eigenvalue weighted by Crippen LogP contribution is -2.40. The summed E-state index contributed by atoms with van der Waals surface area (Å²) in [5, 5.41) is 4.05. The predicted molar refractivity (Wildman–Crippen MR) is 85.0 cm³/mol. The van der Waals surface area contributed by atoms with Crippen molar-refractivity contribution in [3.63, 3.8) is 0 Å². The molecule has 0 spiro atoms. The maximum absolute atomic E-state index is 13.3. The summed E-state index contributed by atoms with van der Waals surface area (Å²) in [5.41, 5.74) is 0.407. The van der Waals surface area contributed by atoms with E-state index in [-0.39, 0.29) is 11.7 Å². The largest absolute Gasteiger partial charge is 0.339 e. The second-order valence-electron chi connectivity index (χ2n) is 6.79. The van der Waals surface area contributed by atoms with Gasteiger partial charge in [0.2, 0.25) is 5.89 Å². The number of halogens is 1. The minimum atomic E-state index is -0.382. The molecule has 1 aliphatic heterocycles. The third-order valence-electron chi connectivity index (χ3n) is 4.77. The normalized spacial score (nSPS) is 21.0. The molecule has 4 rings (SSSR count). The van der Waals surface area contributed by atoms with E-state index in [0.29, 0.717) is 42.8 Å². The fraction of sp³-hybridized carbons (Fsp3) is 0.500. The third kappa shape index (κ3) is 3.32. The molecule has 5 nitrogen and oxygen atoms in total. The molecule has 1 aromatic heterocycles. The second kappa shape index (κ2) is 6.34. The van der Waals surface area contributed by atoms with Gasteiger partial charge in [-0.3, -0.25) is 4.79 Å². The van der Waals surface area contributed by atoms with Crippen LogP contribution in [-0.2, 0) is 6.42 Å². The molecule has 2 heterocycles. The molecule has 1 saturated heterocycles. The quantitative estimate of drug-likeness (QED) is 0.864. The van der Waals surface area contributed by atoms with E-state index in [9.17, 15) is 9.18 Å². The lowest BCUT2D eigenvalue weighted by Gasteiger charge is -2.32. The van der Waals surface area contributed by atoms with Gasteiger partial charge in [-0.1, -0.05) is 11.2 Å². The van der Waals surface area contributed by atoms with Gasteiger partial charge in [0.25, 0.3) is 5.91 Å². The van der Waals surface area contributed by atoms with E-state index >= 15 is 0 Å². The molecular weight excluding hydrogens is 309 g/mol. The van der Waals surface area contributed by atoms with Gasteiger partial charge in [-0.05, 0) is 49.8 Å². The van der Waals surface area contributed by atoms with Gasteiger partial charge in [0.05, 0.1) is 0 Å². The molecule has 2 fully saturated rings. The molecule has 2 aliphatic rings. The van der Waals surface area contributed by atoms with Crippen LogP contribution in [0.25, 0.3) is 0 Å². The van der Waals surface area contributed by atoms with E-state index in [1.54, 1.807) is 17.0 Å². The Bertz CT molecular complexity index is 741. The van der Waals surface area contributed by atoms with E-state index in [2.05, 4.69) is 10.1 Å². The Balaban J connectivity index is 1.40. The van der Waals surface area contributed by atoms with Gasteiger partial charge in [-0.25, -0.2) is 4.39 Å². The minimum absolute atomic E-state index is 0.108. The summed E-state index contributed by atoms with van der Waals surface area (Å²) >= 11 is 0. The Labute approximate surface area is 139 Å². The number of carbonyl (C=O) groups is 1. The number of aromatic nitrogens is 2. The number of hydrogen-bond acceptors (Lipinski definition) is 4. The number of piperidine rings is 1. The molecular formula is C18H20FN3O2. The Morgan fingerprint density at radius 3 is 3.00 bits per heavy atom. The van der Waals surface area contributed by atoms with Crippen molar-refractivity contribution >= 4 is 5.91 Å². The van der Waals surface area contributed by atoms with Gasteiger partial charge < -0.3 is 9.42 Å². The SMILES string of the molecule is O=C(c1cccc(F)c1)N1CCCC(Cc2nc(C3CC3)no2)C1. The average Bonchev–Trinajstić information content (AvgIpc) is 3.34. The van der Waals surface area contributed by atoms with Crippen molar-refractivity contribution in [2.75, 3.05) is 13.1 Å². The topological polar surface area (TPSA) is 59.2 Å². The van der Waals surface area contributed by atoms with Crippen LogP contribution in [0, 0.1) is 11.7 Å². The van der Waals surface area contributed by atoms with Crippen molar-refractivity contribution in [2.24, 2.45) is 5.92 Å². The molecule has 1 amide bonds. The maximum atomic E-state index is 13.3. The maximum Gasteiger partial charge on any atom is 0.253 e. The fourth-order valence-corrected chi connectivity index (χ4v) is 3.33. The number of nitrogens with zero attached hydrogens (tertiary/aromatic N) is 3. The molecule has 0 N–H and O–H groups in total. The first-order valence-electron chi connectivity index (χ1n) is 8.56. The van der Waals surface area contributed by atoms with Crippen LogP contribution in [0.2, 0.25) is 0 Å². The molecule has 1 atom stereocenters. The summed E-state index contributed by atoms with van der Waals surface area (Å²) in [5.74, 6) is 1.80. The molecule has 1 aliphatic carbocycles. The fourth-order valence-electron chi connectivity index (χ4n) is 3.33. The second-order valence-corrected chi connectivity index (χ2v) is 6.79. The summed E-state index contributed by atoms with van der Waals surface area (Å²) in [6.45, 7) is 1.36. The highest BCUT2D eigenvalue weighted by Gasteiger charge is 2.30. The standard InChI is InChI=1S/C18H20FN3O2/c19-15-5-1-4-14(10-15)18(23)22-8-2-3-12(11-22)9-16-20-17(21-24-16)13-6-7-13/h1,4-5,10,12-13H,2-3,6-9,11H2. The predicted octanol–water partition coefficient (Wildman–Crippen LogP) is 3.18. The van der Waals surface area contributed by atoms with Crippen LogP contribution < -0.4 is 0 Å². The number of rotatable bonds is 4. The zero-order valence-electron chi connectivity index (χ0n) is 13.4. The molecule has 126 valence electrons. The van der Waals surface area contributed by atoms with Gasteiger partial charge in [-0.15, -0.1) is 0 Å². The Morgan fingerprint density at radius 2 is 2.21 bits per heavy atom. The molecule has 24 heavy (non-hydrogen) atoms. The van der Waals surface area contributed by atoms with E-state index in [1.807, 2.05) is 0 Å². The molecule has 1 saturated carbocycles. The summed E-state index contributed by atoms with van der Waals surface area (Å²) in [4.78, 5) is 18.8. The zero-order chi connectivity index (χ0) is 16.5. The van der Waals surface area contributed by atoms with Crippen LogP contribution in [0.15, 0.2) is 28.8 Å². The van der Waals surface area contributed by atoms with Crippen molar-refractivity contribution in [1.29, 1.82) is 0 Å². The Hall–Kier alpha value is -2.24. The molecule has 2 aromatic rings. The number of amides is 1. The number of hydrogen-bond donors (Lipinski definition) is 0. The van der Waals surface area contributed by atoms with Crippen molar-refractivity contribution < 1.29 is 13.7 Å². The molecule has 1 unspecified atom stereocenters. The smallest absolute Gasteiger partial charge is 0.253 e. The Morgan fingerprint density at radius 1 is 1.33 bits per heavy atom. The van der Waals surface area contributed by atoms with E-state index < -0.39 is 0 Å².